The van der Waals surface area contributed by atoms with E-state index in [1.807, 2.05) is 18.2 Å². The van der Waals surface area contributed by atoms with Gasteiger partial charge in [0, 0.05) is 22.4 Å². The molecule has 0 fully saturated rings. The van der Waals surface area contributed by atoms with Crippen LogP contribution in [0.25, 0.3) is 60.1 Å². The molecule has 0 unspecified atom stereocenters. The predicted molar refractivity (Wildman–Crippen MR) is 178 cm³/mol. The van der Waals surface area contributed by atoms with Crippen LogP contribution in [-0.4, -0.2) is 9.38 Å². The summed E-state index contributed by atoms with van der Waals surface area (Å²) >= 11 is 0. The van der Waals surface area contributed by atoms with Crippen molar-refractivity contribution in [3.8, 4) is 11.1 Å². The van der Waals surface area contributed by atoms with E-state index >= 15 is 0 Å². The monoisotopic (exact) mass is 588 g/mol. The number of nitrogens with zero attached hydrogens (tertiary/aromatic N) is 2. The van der Waals surface area contributed by atoms with Crippen molar-refractivity contribution < 1.29 is 13.2 Å². The highest BCUT2D eigenvalue weighted by molar-refractivity contribution is 6.18. The lowest BCUT2D eigenvalue weighted by Crippen LogP contribution is -2.06. The van der Waals surface area contributed by atoms with Gasteiger partial charge in [-0.1, -0.05) is 90.1 Å². The van der Waals surface area contributed by atoms with E-state index in [1.54, 1.807) is 0 Å². The number of halogens is 3. The van der Waals surface area contributed by atoms with Gasteiger partial charge in [-0.25, -0.2) is 0 Å². The van der Waals surface area contributed by atoms with Crippen molar-refractivity contribution in [1.82, 2.24) is 9.38 Å². The van der Waals surface area contributed by atoms with E-state index in [1.165, 1.54) is 28.3 Å². The molecule has 0 amide bonds. The van der Waals surface area contributed by atoms with Crippen LogP contribution in [0.4, 0.5) is 13.2 Å². The lowest BCUT2D eigenvalue weighted by atomic mass is 9.81. The second-order valence-electron chi connectivity index (χ2n) is 13.0. The van der Waals surface area contributed by atoms with Gasteiger partial charge in [0.05, 0.1) is 27.6 Å². The zero-order chi connectivity index (χ0) is 31.1. The molecule has 0 saturated heterocycles. The van der Waals surface area contributed by atoms with Gasteiger partial charge in [-0.3, -0.25) is 4.98 Å². The third kappa shape index (κ3) is 4.36. The largest absolute Gasteiger partial charge is 0.417 e. The highest BCUT2D eigenvalue weighted by Crippen LogP contribution is 2.44. The van der Waals surface area contributed by atoms with Crippen molar-refractivity contribution in [2.45, 2.75) is 65.5 Å². The molecule has 2 nitrogen and oxygen atoms in total. The second-order valence-corrected chi connectivity index (χ2v) is 13.0. The Morgan fingerprint density at radius 3 is 1.84 bits per heavy atom. The summed E-state index contributed by atoms with van der Waals surface area (Å²) in [6.07, 6.45) is -3.54. The summed E-state index contributed by atoms with van der Waals surface area (Å²) in [4.78, 5) is 4.45. The number of rotatable bonds is 4. The molecule has 0 N–H and O–H groups in total. The average molecular weight is 589 g/mol. The summed E-state index contributed by atoms with van der Waals surface area (Å²) in [6.45, 7) is 13.4. The quantitative estimate of drug-likeness (QED) is 0.148. The summed E-state index contributed by atoms with van der Waals surface area (Å²) in [7, 11) is 0. The third-order valence-corrected chi connectivity index (χ3v) is 9.10. The minimum Gasteiger partial charge on any atom is -0.308 e. The van der Waals surface area contributed by atoms with E-state index < -0.39 is 11.7 Å². The van der Waals surface area contributed by atoms with Crippen LogP contribution in [0.1, 0.15) is 81.5 Å². The normalized spacial score (nSPS) is 12.8. The van der Waals surface area contributed by atoms with E-state index in [-0.39, 0.29) is 0 Å². The lowest BCUT2D eigenvalue weighted by Gasteiger charge is -2.23. The Hall–Kier alpha value is -4.38. The fraction of sp³-hybridized carbons (Fsp3) is 0.256. The standard InChI is InChI=1S/C39H35F3N2/c1-21(2)26-15-29(22(3)4)37(30(16-26)23(5)6)28-12-9-13-34-31(28)19-36-33-18-27(39(40,41)42)20-43-38(33)32-14-24-10-7-8-11-25(24)17-35(32)44(34)36/h7-23H,1-6H3. The minimum atomic E-state index is -4.50. The number of aromatic nitrogens is 2. The van der Waals surface area contributed by atoms with Crippen molar-refractivity contribution >= 4 is 49.0 Å². The molecule has 3 aromatic heterocycles. The maximum absolute atomic E-state index is 14.0. The number of pyridine rings is 2. The SMILES string of the molecule is CC(C)c1cc(C(C)C)c(-c2cccc3c2cc2c4cc(C(F)(F)F)cnc4c4cc5ccccc5cc4n32)c(C(C)C)c1. The zero-order valence-electron chi connectivity index (χ0n) is 25.8. The van der Waals surface area contributed by atoms with Gasteiger partial charge in [-0.05, 0) is 86.7 Å². The molecule has 0 spiro atoms. The first-order valence-electron chi connectivity index (χ1n) is 15.4. The fourth-order valence-corrected chi connectivity index (χ4v) is 6.81. The van der Waals surface area contributed by atoms with Crippen LogP contribution in [0.5, 0.6) is 0 Å². The van der Waals surface area contributed by atoms with Gasteiger partial charge in [0.1, 0.15) is 0 Å². The molecule has 5 heteroatoms. The molecule has 0 bridgehead atoms. The van der Waals surface area contributed by atoms with Crippen molar-refractivity contribution in [3.63, 3.8) is 0 Å². The first-order chi connectivity index (χ1) is 20.9. The molecule has 7 aromatic rings. The molecule has 0 aliphatic rings. The first kappa shape index (κ1) is 28.4. The van der Waals surface area contributed by atoms with Crippen LogP contribution in [-0.2, 0) is 6.18 Å². The molecule has 0 saturated carbocycles. The number of hydrogen-bond acceptors (Lipinski definition) is 1. The van der Waals surface area contributed by atoms with E-state index in [9.17, 15) is 13.2 Å². The van der Waals surface area contributed by atoms with Crippen molar-refractivity contribution in [2.24, 2.45) is 0 Å². The molecular formula is C39H35F3N2. The number of benzene rings is 4. The molecule has 222 valence electrons. The summed E-state index contributed by atoms with van der Waals surface area (Å²) in [5.41, 5.74) is 8.69. The van der Waals surface area contributed by atoms with E-state index in [2.05, 4.69) is 106 Å². The van der Waals surface area contributed by atoms with Gasteiger partial charge in [0.15, 0.2) is 0 Å². The topological polar surface area (TPSA) is 17.3 Å². The zero-order valence-corrected chi connectivity index (χ0v) is 25.8. The maximum Gasteiger partial charge on any atom is 0.417 e. The van der Waals surface area contributed by atoms with Crippen LogP contribution in [0.15, 0.2) is 85.1 Å². The van der Waals surface area contributed by atoms with Gasteiger partial charge < -0.3 is 4.40 Å². The summed E-state index contributed by atoms with van der Waals surface area (Å²) in [6, 6.07) is 26.7. The molecule has 4 aromatic carbocycles. The Kier molecular flexibility index (Phi) is 6.51. The van der Waals surface area contributed by atoms with Gasteiger partial charge in [0.25, 0.3) is 0 Å². The van der Waals surface area contributed by atoms with Crippen molar-refractivity contribution in [1.29, 1.82) is 0 Å². The summed E-state index contributed by atoms with van der Waals surface area (Å²) < 4.78 is 44.2. The smallest absolute Gasteiger partial charge is 0.308 e. The van der Waals surface area contributed by atoms with Gasteiger partial charge in [0.2, 0.25) is 0 Å². The molecular weight excluding hydrogens is 553 g/mol. The molecule has 7 rings (SSSR count). The molecule has 0 atom stereocenters. The summed E-state index contributed by atoms with van der Waals surface area (Å²) in [5, 5.41) is 4.43. The van der Waals surface area contributed by atoms with Crippen LogP contribution < -0.4 is 0 Å². The molecule has 0 aliphatic carbocycles. The number of fused-ring (bicyclic) bond motifs is 9. The Labute approximate surface area is 255 Å². The Morgan fingerprint density at radius 1 is 0.614 bits per heavy atom. The Balaban J connectivity index is 1.68. The first-order valence-corrected chi connectivity index (χ1v) is 15.4. The molecule has 44 heavy (non-hydrogen) atoms. The van der Waals surface area contributed by atoms with Gasteiger partial charge in [-0.15, -0.1) is 0 Å². The van der Waals surface area contributed by atoms with Crippen molar-refractivity contribution in [2.75, 3.05) is 0 Å². The van der Waals surface area contributed by atoms with Crippen LogP contribution in [0.2, 0.25) is 0 Å². The highest BCUT2D eigenvalue weighted by Gasteiger charge is 2.32. The van der Waals surface area contributed by atoms with E-state index in [4.69, 9.17) is 0 Å². The van der Waals surface area contributed by atoms with Crippen LogP contribution in [0, 0.1) is 0 Å². The number of hydrogen-bond donors (Lipinski definition) is 0. The van der Waals surface area contributed by atoms with Gasteiger partial charge in [-0.2, -0.15) is 13.2 Å². The maximum atomic E-state index is 14.0. The Morgan fingerprint density at radius 2 is 1.23 bits per heavy atom. The third-order valence-electron chi connectivity index (χ3n) is 9.10. The second kappa shape index (κ2) is 10.1. The lowest BCUT2D eigenvalue weighted by molar-refractivity contribution is -0.137. The fourth-order valence-electron chi connectivity index (χ4n) is 6.81. The molecule has 0 aliphatic heterocycles. The number of alkyl halides is 3. The highest BCUT2D eigenvalue weighted by atomic mass is 19.4. The van der Waals surface area contributed by atoms with Crippen molar-refractivity contribution in [3.05, 3.63) is 107 Å². The summed E-state index contributed by atoms with van der Waals surface area (Å²) in [5.74, 6) is 0.981. The minimum absolute atomic E-state index is 0.292. The van der Waals surface area contributed by atoms with E-state index in [0.29, 0.717) is 28.7 Å². The average Bonchev–Trinajstić information content (AvgIpc) is 3.39. The predicted octanol–water partition coefficient (Wildman–Crippen LogP) is 12.0. The van der Waals surface area contributed by atoms with Crippen LogP contribution in [0.3, 0.4) is 0 Å². The van der Waals surface area contributed by atoms with Gasteiger partial charge >= 0.3 is 6.18 Å². The Bertz CT molecular complexity index is 2220. The molecule has 3 heterocycles. The van der Waals surface area contributed by atoms with Crippen LogP contribution >= 0.6 is 0 Å². The molecule has 0 radical (unpaired) electrons. The van der Waals surface area contributed by atoms with E-state index in [0.717, 1.165) is 49.9 Å².